The van der Waals surface area contributed by atoms with Gasteiger partial charge in [-0.1, -0.05) is 0 Å². The highest BCUT2D eigenvalue weighted by molar-refractivity contribution is 5.76. The largest absolute Gasteiger partial charge is 0.495 e. The van der Waals surface area contributed by atoms with Crippen molar-refractivity contribution < 1.29 is 27.8 Å². The first-order valence-electron chi connectivity index (χ1n) is 7.31. The molecule has 0 aliphatic heterocycles. The van der Waals surface area contributed by atoms with Crippen LogP contribution in [0.15, 0.2) is 18.5 Å². The second-order valence-corrected chi connectivity index (χ2v) is 5.70. The number of halogens is 3. The predicted octanol–water partition coefficient (Wildman–Crippen LogP) is 2.36. The Kier molecular flexibility index (Phi) is 5.46. The van der Waals surface area contributed by atoms with Crippen molar-refractivity contribution in [1.82, 2.24) is 10.3 Å². The molecule has 1 aliphatic rings. The number of hydrogen-bond acceptors (Lipinski definition) is 4. The number of carbonyl (C=O) groups is 1. The third-order valence-electron chi connectivity index (χ3n) is 3.90. The third-order valence-corrected chi connectivity index (χ3v) is 3.90. The van der Waals surface area contributed by atoms with Gasteiger partial charge in [0.1, 0.15) is 5.75 Å². The van der Waals surface area contributed by atoms with E-state index in [1.165, 1.54) is 13.3 Å². The van der Waals surface area contributed by atoms with Crippen molar-refractivity contribution in [2.45, 2.75) is 44.0 Å². The average Bonchev–Trinajstić information content (AvgIpc) is 2.47. The summed E-state index contributed by atoms with van der Waals surface area (Å²) in [6, 6.07) is 1.20. The van der Waals surface area contributed by atoms with E-state index in [9.17, 15) is 23.1 Å². The molecular formula is C15H19F3N2O3. The Morgan fingerprint density at radius 1 is 1.48 bits per heavy atom. The highest BCUT2D eigenvalue weighted by Crippen LogP contribution is 2.38. The van der Waals surface area contributed by atoms with Crippen LogP contribution in [0.25, 0.3) is 0 Å². The molecule has 0 radical (unpaired) electrons. The van der Waals surface area contributed by atoms with Gasteiger partial charge in [0.15, 0.2) is 0 Å². The second kappa shape index (κ2) is 7.16. The molecule has 1 aromatic heterocycles. The van der Waals surface area contributed by atoms with Crippen molar-refractivity contribution in [1.29, 1.82) is 0 Å². The van der Waals surface area contributed by atoms with Crippen molar-refractivity contribution in [2.75, 3.05) is 7.11 Å². The lowest BCUT2D eigenvalue weighted by atomic mass is 9.75. The summed E-state index contributed by atoms with van der Waals surface area (Å²) in [7, 11) is 1.48. The van der Waals surface area contributed by atoms with Gasteiger partial charge in [-0.05, 0) is 30.4 Å². The molecule has 0 unspecified atom stereocenters. The van der Waals surface area contributed by atoms with Crippen LogP contribution in [0.2, 0.25) is 0 Å². The normalized spacial score (nSPS) is 22.1. The monoisotopic (exact) mass is 332 g/mol. The summed E-state index contributed by atoms with van der Waals surface area (Å²) in [4.78, 5) is 15.8. The molecule has 1 amide bonds. The lowest BCUT2D eigenvalue weighted by Crippen LogP contribution is -2.41. The SMILES string of the molecule is COc1cncc([C@H](NC(=O)CCC(F)(F)F)C2CC(O)C2)c1. The van der Waals surface area contributed by atoms with E-state index in [0.717, 1.165) is 0 Å². The van der Waals surface area contributed by atoms with Gasteiger partial charge >= 0.3 is 6.18 Å². The van der Waals surface area contributed by atoms with E-state index in [1.807, 2.05) is 0 Å². The maximum atomic E-state index is 12.2. The van der Waals surface area contributed by atoms with E-state index in [1.54, 1.807) is 12.3 Å². The summed E-state index contributed by atoms with van der Waals surface area (Å²) >= 11 is 0. The minimum absolute atomic E-state index is 0.0336. The van der Waals surface area contributed by atoms with Crippen LogP contribution in [0.1, 0.15) is 37.3 Å². The van der Waals surface area contributed by atoms with Crippen LogP contribution >= 0.6 is 0 Å². The summed E-state index contributed by atoms with van der Waals surface area (Å²) < 4.78 is 41.7. The van der Waals surface area contributed by atoms with Crippen LogP contribution < -0.4 is 10.1 Å². The number of nitrogens with one attached hydrogen (secondary N) is 1. The van der Waals surface area contributed by atoms with E-state index in [-0.39, 0.29) is 5.92 Å². The fourth-order valence-electron chi connectivity index (χ4n) is 2.59. The maximum absolute atomic E-state index is 12.2. The Bertz CT molecular complexity index is 545. The molecule has 0 saturated heterocycles. The molecule has 23 heavy (non-hydrogen) atoms. The zero-order chi connectivity index (χ0) is 17.0. The maximum Gasteiger partial charge on any atom is 0.389 e. The van der Waals surface area contributed by atoms with Crippen LogP contribution in [0.3, 0.4) is 0 Å². The molecule has 2 N–H and O–H groups in total. The Labute approximate surface area is 131 Å². The Hall–Kier alpha value is -1.83. The van der Waals surface area contributed by atoms with Crippen LogP contribution in [0.4, 0.5) is 13.2 Å². The van der Waals surface area contributed by atoms with Crippen LogP contribution in [-0.2, 0) is 4.79 Å². The summed E-state index contributed by atoms with van der Waals surface area (Å²) in [5.74, 6) is -0.206. The lowest BCUT2D eigenvalue weighted by Gasteiger charge is -2.38. The molecule has 1 aliphatic carbocycles. The summed E-state index contributed by atoms with van der Waals surface area (Å²) in [5, 5.41) is 12.1. The smallest absolute Gasteiger partial charge is 0.389 e. The van der Waals surface area contributed by atoms with Gasteiger partial charge < -0.3 is 15.2 Å². The molecule has 0 bridgehead atoms. The quantitative estimate of drug-likeness (QED) is 0.839. The van der Waals surface area contributed by atoms with Gasteiger partial charge in [-0.25, -0.2) is 0 Å². The molecule has 1 fully saturated rings. The van der Waals surface area contributed by atoms with Gasteiger partial charge in [0.2, 0.25) is 5.91 Å². The topological polar surface area (TPSA) is 71.5 Å². The molecule has 0 spiro atoms. The number of methoxy groups -OCH3 is 1. The number of carbonyl (C=O) groups excluding carboxylic acids is 1. The van der Waals surface area contributed by atoms with Gasteiger partial charge in [-0.3, -0.25) is 9.78 Å². The number of alkyl halides is 3. The van der Waals surface area contributed by atoms with Crippen LogP contribution in [0, 0.1) is 5.92 Å². The first kappa shape index (κ1) is 17.5. The number of ether oxygens (including phenoxy) is 1. The minimum Gasteiger partial charge on any atom is -0.495 e. The minimum atomic E-state index is -4.36. The van der Waals surface area contributed by atoms with Crippen molar-refractivity contribution in [3.63, 3.8) is 0 Å². The van der Waals surface area contributed by atoms with Gasteiger partial charge in [0.25, 0.3) is 0 Å². The molecule has 1 saturated carbocycles. The summed E-state index contributed by atoms with van der Waals surface area (Å²) in [6.07, 6.45) is -2.56. The van der Waals surface area contributed by atoms with Crippen LogP contribution in [0.5, 0.6) is 5.75 Å². The molecule has 8 heteroatoms. The number of amides is 1. The van der Waals surface area contributed by atoms with Crippen molar-refractivity contribution >= 4 is 5.91 Å². The number of aliphatic hydroxyl groups is 1. The number of pyridine rings is 1. The van der Waals surface area contributed by atoms with Crippen molar-refractivity contribution in [3.05, 3.63) is 24.0 Å². The highest BCUT2D eigenvalue weighted by Gasteiger charge is 2.36. The van der Waals surface area contributed by atoms with Crippen molar-refractivity contribution in [3.8, 4) is 5.75 Å². The first-order valence-corrected chi connectivity index (χ1v) is 7.31. The van der Waals surface area contributed by atoms with Gasteiger partial charge in [-0.2, -0.15) is 13.2 Å². The standard InChI is InChI=1S/C15H19F3N2O3/c1-23-12-6-10(7-19-8-12)14(9-4-11(21)5-9)20-13(22)2-3-15(16,17)18/h6-9,11,14,21H,2-5H2,1H3,(H,20,22)/t9?,11?,14-/m1/s1. The predicted molar refractivity (Wildman–Crippen MR) is 75.7 cm³/mol. The van der Waals surface area contributed by atoms with E-state index in [4.69, 9.17) is 4.74 Å². The summed E-state index contributed by atoms with van der Waals surface area (Å²) in [6.45, 7) is 0. The third kappa shape index (κ3) is 5.09. The molecule has 1 atom stereocenters. The lowest BCUT2D eigenvalue weighted by molar-refractivity contribution is -0.144. The van der Waals surface area contributed by atoms with E-state index in [0.29, 0.717) is 24.2 Å². The van der Waals surface area contributed by atoms with Crippen molar-refractivity contribution in [2.24, 2.45) is 5.92 Å². The van der Waals surface area contributed by atoms with Gasteiger partial charge in [0.05, 0.1) is 31.9 Å². The molecular weight excluding hydrogens is 313 g/mol. The van der Waals surface area contributed by atoms with E-state index < -0.39 is 37.1 Å². The fourth-order valence-corrected chi connectivity index (χ4v) is 2.59. The number of aromatic nitrogens is 1. The number of rotatable bonds is 6. The van der Waals surface area contributed by atoms with Crippen LogP contribution in [-0.4, -0.2) is 35.4 Å². The molecule has 1 aromatic rings. The zero-order valence-electron chi connectivity index (χ0n) is 12.6. The Morgan fingerprint density at radius 2 is 2.17 bits per heavy atom. The summed E-state index contributed by atoms with van der Waals surface area (Å²) in [5.41, 5.74) is 0.654. The Balaban J connectivity index is 2.07. The zero-order valence-corrected chi connectivity index (χ0v) is 12.6. The molecule has 0 aromatic carbocycles. The molecule has 1 heterocycles. The fraction of sp³-hybridized carbons (Fsp3) is 0.600. The van der Waals surface area contributed by atoms with E-state index in [2.05, 4.69) is 10.3 Å². The number of aliphatic hydroxyl groups excluding tert-OH is 1. The van der Waals surface area contributed by atoms with Gasteiger partial charge in [-0.15, -0.1) is 0 Å². The van der Waals surface area contributed by atoms with E-state index >= 15 is 0 Å². The molecule has 5 nitrogen and oxygen atoms in total. The second-order valence-electron chi connectivity index (χ2n) is 5.70. The van der Waals surface area contributed by atoms with Gasteiger partial charge in [0, 0.05) is 12.6 Å². The number of hydrogen-bond donors (Lipinski definition) is 2. The average molecular weight is 332 g/mol. The first-order chi connectivity index (χ1) is 10.8. The Morgan fingerprint density at radius 3 is 2.74 bits per heavy atom. The molecule has 2 rings (SSSR count). The highest BCUT2D eigenvalue weighted by atomic mass is 19.4. The number of nitrogens with zero attached hydrogens (tertiary/aromatic N) is 1. The molecule has 128 valence electrons.